The van der Waals surface area contributed by atoms with Crippen LogP contribution in [-0.4, -0.2) is 47.8 Å². The van der Waals surface area contributed by atoms with Gasteiger partial charge in [-0.15, -0.1) is 0 Å². The van der Waals surface area contributed by atoms with E-state index in [1.807, 2.05) is 33.8 Å². The molecule has 1 unspecified atom stereocenters. The molecule has 23 heavy (non-hydrogen) atoms. The number of carbonyl (C=O) groups excluding carboxylic acids is 1. The van der Waals surface area contributed by atoms with Crippen molar-refractivity contribution in [2.45, 2.75) is 45.8 Å². The Hall–Kier alpha value is -1.59. The van der Waals surface area contributed by atoms with Gasteiger partial charge in [0.25, 0.3) is 0 Å². The molecule has 0 amide bonds. The van der Waals surface area contributed by atoms with Crippen LogP contribution >= 0.6 is 0 Å². The van der Waals surface area contributed by atoms with E-state index in [4.69, 9.17) is 9.47 Å². The summed E-state index contributed by atoms with van der Waals surface area (Å²) in [5.41, 5.74) is 1.67. The lowest BCUT2D eigenvalue weighted by Gasteiger charge is -2.33. The number of benzene rings is 1. The highest BCUT2D eigenvalue weighted by molar-refractivity contribution is 5.70. The Morgan fingerprint density at radius 1 is 1.43 bits per heavy atom. The first-order valence-corrected chi connectivity index (χ1v) is 8.10. The summed E-state index contributed by atoms with van der Waals surface area (Å²) in [7, 11) is 0. The van der Waals surface area contributed by atoms with E-state index in [2.05, 4.69) is 4.90 Å². The van der Waals surface area contributed by atoms with Crippen LogP contribution < -0.4 is 0 Å². The molecule has 1 fully saturated rings. The number of phenolic OH excluding ortho intramolecular Hbond substituents is 1. The average Bonchev–Trinajstić information content (AvgIpc) is 2.43. The highest BCUT2D eigenvalue weighted by atomic mass is 16.6. The predicted molar refractivity (Wildman–Crippen MR) is 88.4 cm³/mol. The van der Waals surface area contributed by atoms with Crippen LogP contribution in [0.4, 0.5) is 0 Å². The van der Waals surface area contributed by atoms with Gasteiger partial charge in [0.05, 0.1) is 19.1 Å². The molecular formula is C18H27NO4. The summed E-state index contributed by atoms with van der Waals surface area (Å²) in [6.07, 6.45) is 0.362. The minimum Gasteiger partial charge on any atom is -0.508 e. The van der Waals surface area contributed by atoms with Crippen molar-refractivity contribution in [1.82, 2.24) is 4.90 Å². The van der Waals surface area contributed by atoms with Gasteiger partial charge in [-0.05, 0) is 51.0 Å². The molecule has 1 aliphatic rings. The van der Waals surface area contributed by atoms with Crippen molar-refractivity contribution in [3.05, 3.63) is 29.3 Å². The lowest BCUT2D eigenvalue weighted by atomic mass is 10.0. The van der Waals surface area contributed by atoms with Gasteiger partial charge in [-0.1, -0.05) is 6.07 Å². The lowest BCUT2D eigenvalue weighted by molar-refractivity contribution is -0.155. The Kier molecular flexibility index (Phi) is 5.65. The quantitative estimate of drug-likeness (QED) is 0.864. The summed E-state index contributed by atoms with van der Waals surface area (Å²) < 4.78 is 11.2. The van der Waals surface area contributed by atoms with Crippen molar-refractivity contribution in [3.63, 3.8) is 0 Å². The second-order valence-electron chi connectivity index (χ2n) is 7.04. The van der Waals surface area contributed by atoms with Crippen LogP contribution in [0.15, 0.2) is 18.2 Å². The summed E-state index contributed by atoms with van der Waals surface area (Å²) >= 11 is 0. The number of esters is 1. The Morgan fingerprint density at radius 3 is 2.83 bits per heavy atom. The van der Waals surface area contributed by atoms with Gasteiger partial charge in [0.2, 0.25) is 0 Å². The van der Waals surface area contributed by atoms with Crippen LogP contribution in [0.2, 0.25) is 0 Å². The zero-order valence-electron chi connectivity index (χ0n) is 14.5. The van der Waals surface area contributed by atoms with Crippen molar-refractivity contribution < 1.29 is 19.4 Å². The van der Waals surface area contributed by atoms with Crippen LogP contribution in [0.25, 0.3) is 0 Å². The molecule has 0 aromatic heterocycles. The highest BCUT2D eigenvalue weighted by Gasteiger charge is 2.24. The summed E-state index contributed by atoms with van der Waals surface area (Å²) in [5, 5.41) is 9.52. The zero-order chi connectivity index (χ0) is 17.0. The fourth-order valence-corrected chi connectivity index (χ4v) is 2.76. The first kappa shape index (κ1) is 17.8. The summed E-state index contributed by atoms with van der Waals surface area (Å²) in [5.74, 6) is 0.102. The molecule has 0 aliphatic carbocycles. The molecule has 5 heteroatoms. The molecule has 128 valence electrons. The topological polar surface area (TPSA) is 59.0 Å². The van der Waals surface area contributed by atoms with E-state index in [9.17, 15) is 9.90 Å². The van der Waals surface area contributed by atoms with E-state index in [1.165, 1.54) is 0 Å². The minimum atomic E-state index is -0.437. The van der Waals surface area contributed by atoms with Gasteiger partial charge in [0.15, 0.2) is 0 Å². The van der Waals surface area contributed by atoms with Crippen molar-refractivity contribution in [2.24, 2.45) is 0 Å². The summed E-state index contributed by atoms with van der Waals surface area (Å²) in [6.45, 7) is 10.5. The van der Waals surface area contributed by atoms with Gasteiger partial charge in [-0.25, -0.2) is 0 Å². The van der Waals surface area contributed by atoms with Crippen LogP contribution in [0.3, 0.4) is 0 Å². The second-order valence-corrected chi connectivity index (χ2v) is 7.04. The Morgan fingerprint density at radius 2 is 2.17 bits per heavy atom. The van der Waals surface area contributed by atoms with Crippen molar-refractivity contribution in [2.75, 3.05) is 26.2 Å². The Bertz CT molecular complexity index is 550. The number of hydrogen-bond acceptors (Lipinski definition) is 5. The molecular weight excluding hydrogens is 294 g/mol. The first-order chi connectivity index (χ1) is 10.7. The number of hydrogen-bond donors (Lipinski definition) is 1. The maximum absolute atomic E-state index is 11.8. The number of phenols is 1. The van der Waals surface area contributed by atoms with Crippen LogP contribution in [0.5, 0.6) is 5.75 Å². The minimum absolute atomic E-state index is 0.0250. The monoisotopic (exact) mass is 321 g/mol. The number of ether oxygens (including phenoxy) is 2. The van der Waals surface area contributed by atoms with Gasteiger partial charge in [0.1, 0.15) is 11.4 Å². The number of nitrogens with zero attached hydrogens (tertiary/aromatic N) is 1. The lowest BCUT2D eigenvalue weighted by Crippen LogP contribution is -2.40. The van der Waals surface area contributed by atoms with Crippen molar-refractivity contribution in [3.8, 4) is 5.75 Å². The van der Waals surface area contributed by atoms with Crippen molar-refractivity contribution >= 4 is 5.97 Å². The number of rotatable bonds is 4. The number of carbonyl (C=O) groups is 1. The zero-order valence-corrected chi connectivity index (χ0v) is 14.5. The fourth-order valence-electron chi connectivity index (χ4n) is 2.76. The molecule has 1 N–H and O–H groups in total. The third kappa shape index (κ3) is 5.52. The largest absolute Gasteiger partial charge is 0.508 e. The van der Waals surface area contributed by atoms with E-state index in [0.29, 0.717) is 19.6 Å². The maximum Gasteiger partial charge on any atom is 0.307 e. The molecule has 1 aliphatic heterocycles. The Labute approximate surface area is 138 Å². The average molecular weight is 321 g/mol. The third-order valence-corrected chi connectivity index (χ3v) is 3.80. The molecule has 1 aromatic rings. The number of morpholine rings is 1. The summed E-state index contributed by atoms with van der Waals surface area (Å²) in [4.78, 5) is 14.1. The molecule has 1 atom stereocenters. The van der Waals surface area contributed by atoms with Crippen LogP contribution in [-0.2, 0) is 14.3 Å². The van der Waals surface area contributed by atoms with Gasteiger partial charge in [0, 0.05) is 19.6 Å². The van der Waals surface area contributed by atoms with E-state index in [1.54, 1.807) is 12.1 Å². The first-order valence-electron chi connectivity index (χ1n) is 8.10. The molecule has 0 bridgehead atoms. The van der Waals surface area contributed by atoms with Crippen molar-refractivity contribution in [1.29, 1.82) is 0 Å². The van der Waals surface area contributed by atoms with Gasteiger partial charge >= 0.3 is 5.97 Å². The third-order valence-electron chi connectivity index (χ3n) is 3.80. The van der Waals surface area contributed by atoms with E-state index >= 15 is 0 Å². The molecule has 1 saturated heterocycles. The molecule has 1 aromatic carbocycles. The summed E-state index contributed by atoms with van der Waals surface area (Å²) in [6, 6.07) is 5.34. The normalized spacial score (nSPS) is 19.6. The molecule has 0 radical (unpaired) electrons. The molecule has 0 saturated carbocycles. The number of aromatic hydroxyl groups is 1. The smallest absolute Gasteiger partial charge is 0.307 e. The molecule has 1 heterocycles. The predicted octanol–water partition coefficient (Wildman–Crippen LogP) is 2.81. The fraction of sp³-hybridized carbons (Fsp3) is 0.611. The Balaban J connectivity index is 1.89. The van der Waals surface area contributed by atoms with Gasteiger partial charge in [-0.3, -0.25) is 9.69 Å². The SMILES string of the molecule is Cc1cc(O)ccc1C1CN(CCC(=O)OC(C)(C)C)CCO1. The van der Waals surface area contributed by atoms with Gasteiger partial charge < -0.3 is 14.6 Å². The molecule has 2 rings (SSSR count). The van der Waals surface area contributed by atoms with Crippen LogP contribution in [0.1, 0.15) is 44.4 Å². The second kappa shape index (κ2) is 7.32. The molecule has 0 spiro atoms. The molecule has 5 nitrogen and oxygen atoms in total. The maximum atomic E-state index is 11.8. The van der Waals surface area contributed by atoms with Gasteiger partial charge in [-0.2, -0.15) is 0 Å². The highest BCUT2D eigenvalue weighted by Crippen LogP contribution is 2.27. The van der Waals surface area contributed by atoms with Crippen LogP contribution in [0, 0.1) is 6.92 Å². The van der Waals surface area contributed by atoms with E-state index < -0.39 is 5.60 Å². The van der Waals surface area contributed by atoms with E-state index in [-0.39, 0.29) is 17.8 Å². The van der Waals surface area contributed by atoms with E-state index in [0.717, 1.165) is 24.2 Å². The number of aryl methyl sites for hydroxylation is 1. The standard InChI is InChI=1S/C18H27NO4/c1-13-11-14(20)5-6-15(13)16-12-19(9-10-22-16)8-7-17(21)23-18(2,3)4/h5-6,11,16,20H,7-10,12H2,1-4H3.